The minimum absolute atomic E-state index is 0.0325. The maximum absolute atomic E-state index is 11.1. The van der Waals surface area contributed by atoms with E-state index >= 15 is 0 Å². The zero-order valence-corrected chi connectivity index (χ0v) is 7.15. The average molecular weight is 169 g/mol. The number of aryl methyl sites for hydroxylation is 1. The third kappa shape index (κ3) is 1.61. The molecule has 5 heteroatoms. The van der Waals surface area contributed by atoms with Crippen molar-refractivity contribution in [2.45, 2.75) is 19.9 Å². The Kier molecular flexibility index (Phi) is 2.42. The minimum Gasteiger partial charge on any atom is -0.298 e. The van der Waals surface area contributed by atoms with E-state index in [1.54, 1.807) is 14.0 Å². The van der Waals surface area contributed by atoms with Crippen molar-refractivity contribution in [2.75, 3.05) is 0 Å². The summed E-state index contributed by atoms with van der Waals surface area (Å²) >= 11 is 0. The number of Topliss-reactive ketones (excluding diaryl/α,β-unsaturated/α-hetero) is 1. The van der Waals surface area contributed by atoms with Crippen LogP contribution in [0, 0.1) is 0 Å². The molecule has 1 heterocycles. The number of carbonyl (C=O) groups is 1. The molecule has 0 atom stereocenters. The molecule has 0 aromatic carbocycles. The van der Waals surface area contributed by atoms with Crippen LogP contribution in [0.25, 0.3) is 0 Å². The number of rotatable bonds is 3. The van der Waals surface area contributed by atoms with Gasteiger partial charge in [0.15, 0.2) is 5.78 Å². The molecule has 66 valence electrons. The van der Waals surface area contributed by atoms with E-state index in [0.717, 1.165) is 0 Å². The van der Waals surface area contributed by atoms with Crippen LogP contribution in [0.4, 0.5) is 0 Å². The molecule has 0 saturated carbocycles. The SMILES string of the molecule is CCC(=O)Cn1cnn(C)c1=O. The van der Waals surface area contributed by atoms with Crippen LogP contribution in [0.15, 0.2) is 11.1 Å². The molecule has 5 nitrogen and oxygen atoms in total. The summed E-state index contributed by atoms with van der Waals surface area (Å²) in [4.78, 5) is 22.1. The second kappa shape index (κ2) is 3.34. The van der Waals surface area contributed by atoms with Crippen LogP contribution in [-0.2, 0) is 18.4 Å². The molecule has 12 heavy (non-hydrogen) atoms. The Balaban J connectivity index is 2.83. The molecule has 0 unspecified atom stereocenters. The summed E-state index contributed by atoms with van der Waals surface area (Å²) < 4.78 is 2.49. The first-order valence-electron chi connectivity index (χ1n) is 3.75. The van der Waals surface area contributed by atoms with E-state index in [0.29, 0.717) is 6.42 Å². The van der Waals surface area contributed by atoms with Gasteiger partial charge < -0.3 is 0 Å². The topological polar surface area (TPSA) is 56.9 Å². The summed E-state index contributed by atoms with van der Waals surface area (Å²) in [5.74, 6) is 0.0325. The van der Waals surface area contributed by atoms with Gasteiger partial charge in [-0.1, -0.05) is 6.92 Å². The molecule has 0 amide bonds. The first-order chi connectivity index (χ1) is 5.65. The third-order valence-corrected chi connectivity index (χ3v) is 1.63. The molecule has 0 aliphatic rings. The molecular weight excluding hydrogens is 158 g/mol. The van der Waals surface area contributed by atoms with Crippen molar-refractivity contribution in [1.82, 2.24) is 14.3 Å². The van der Waals surface area contributed by atoms with E-state index in [-0.39, 0.29) is 18.0 Å². The highest BCUT2D eigenvalue weighted by Crippen LogP contribution is 1.85. The molecule has 0 N–H and O–H groups in total. The highest BCUT2D eigenvalue weighted by Gasteiger charge is 2.04. The second-order valence-corrected chi connectivity index (χ2v) is 2.56. The first kappa shape index (κ1) is 8.70. The lowest BCUT2D eigenvalue weighted by Gasteiger charge is -1.95. The molecule has 0 aliphatic heterocycles. The number of hydrogen-bond acceptors (Lipinski definition) is 3. The van der Waals surface area contributed by atoms with Crippen molar-refractivity contribution in [1.29, 1.82) is 0 Å². The van der Waals surface area contributed by atoms with Crippen LogP contribution in [0.2, 0.25) is 0 Å². The molecule has 0 saturated heterocycles. The van der Waals surface area contributed by atoms with Crippen LogP contribution < -0.4 is 5.69 Å². The molecule has 0 fully saturated rings. The summed E-state index contributed by atoms with van der Waals surface area (Å²) in [6.07, 6.45) is 1.82. The van der Waals surface area contributed by atoms with Gasteiger partial charge in [0.25, 0.3) is 0 Å². The van der Waals surface area contributed by atoms with Crippen LogP contribution in [0.5, 0.6) is 0 Å². The second-order valence-electron chi connectivity index (χ2n) is 2.56. The Morgan fingerprint density at radius 3 is 2.75 bits per heavy atom. The van der Waals surface area contributed by atoms with Gasteiger partial charge in [0.1, 0.15) is 6.33 Å². The van der Waals surface area contributed by atoms with Gasteiger partial charge in [-0.05, 0) is 0 Å². The van der Waals surface area contributed by atoms with Crippen LogP contribution in [0.3, 0.4) is 0 Å². The summed E-state index contributed by atoms with van der Waals surface area (Å²) in [7, 11) is 1.55. The number of carbonyl (C=O) groups excluding carboxylic acids is 1. The van der Waals surface area contributed by atoms with Crippen LogP contribution >= 0.6 is 0 Å². The lowest BCUT2D eigenvalue weighted by Crippen LogP contribution is -2.25. The van der Waals surface area contributed by atoms with Crippen molar-refractivity contribution < 1.29 is 4.79 Å². The van der Waals surface area contributed by atoms with Gasteiger partial charge in [0, 0.05) is 13.5 Å². The molecular formula is C7H11N3O2. The first-order valence-corrected chi connectivity index (χ1v) is 3.75. The largest absolute Gasteiger partial charge is 0.345 e. The summed E-state index contributed by atoms with van der Waals surface area (Å²) in [6, 6.07) is 0. The molecule has 1 rings (SSSR count). The average Bonchev–Trinajstić information content (AvgIpc) is 2.36. The van der Waals surface area contributed by atoms with Crippen molar-refractivity contribution in [3.05, 3.63) is 16.8 Å². The van der Waals surface area contributed by atoms with Gasteiger partial charge in [-0.3, -0.25) is 9.36 Å². The smallest absolute Gasteiger partial charge is 0.298 e. The molecule has 0 spiro atoms. The van der Waals surface area contributed by atoms with Crippen molar-refractivity contribution >= 4 is 5.78 Å². The van der Waals surface area contributed by atoms with Gasteiger partial charge in [0.05, 0.1) is 6.54 Å². The standard InChI is InChI=1S/C7H11N3O2/c1-3-6(11)4-10-5-8-9(2)7(10)12/h5H,3-4H2,1-2H3. The fraction of sp³-hybridized carbons (Fsp3) is 0.571. The van der Waals surface area contributed by atoms with Crippen molar-refractivity contribution in [2.24, 2.45) is 7.05 Å². The monoisotopic (exact) mass is 169 g/mol. The van der Waals surface area contributed by atoms with E-state index in [1.165, 1.54) is 15.6 Å². The lowest BCUT2D eigenvalue weighted by molar-refractivity contribution is -0.119. The Hall–Kier alpha value is -1.39. The quantitative estimate of drug-likeness (QED) is 0.616. The molecule has 0 bridgehead atoms. The van der Waals surface area contributed by atoms with Gasteiger partial charge >= 0.3 is 5.69 Å². The summed E-state index contributed by atoms with van der Waals surface area (Å²) in [5, 5.41) is 3.72. The zero-order valence-electron chi connectivity index (χ0n) is 7.15. The maximum Gasteiger partial charge on any atom is 0.345 e. The van der Waals surface area contributed by atoms with Gasteiger partial charge in [-0.25, -0.2) is 9.48 Å². The lowest BCUT2D eigenvalue weighted by atomic mass is 10.3. The summed E-state index contributed by atoms with van der Waals surface area (Å²) in [5.41, 5.74) is -0.253. The number of hydrogen-bond donors (Lipinski definition) is 0. The third-order valence-electron chi connectivity index (χ3n) is 1.63. The predicted octanol–water partition coefficient (Wildman–Crippen LogP) is -0.439. The van der Waals surface area contributed by atoms with Crippen LogP contribution in [-0.4, -0.2) is 20.1 Å². The highest BCUT2D eigenvalue weighted by molar-refractivity contribution is 5.77. The van der Waals surface area contributed by atoms with E-state index in [4.69, 9.17) is 0 Å². The van der Waals surface area contributed by atoms with E-state index in [1.807, 2.05) is 0 Å². The summed E-state index contributed by atoms with van der Waals surface area (Å²) in [6.45, 7) is 1.90. The molecule has 1 aromatic rings. The molecule has 1 aromatic heterocycles. The van der Waals surface area contributed by atoms with Crippen LogP contribution in [0.1, 0.15) is 13.3 Å². The predicted molar refractivity (Wildman–Crippen MR) is 42.8 cm³/mol. The highest BCUT2D eigenvalue weighted by atomic mass is 16.2. The van der Waals surface area contributed by atoms with E-state index < -0.39 is 0 Å². The number of aromatic nitrogens is 3. The fourth-order valence-corrected chi connectivity index (χ4v) is 0.835. The Bertz CT molecular complexity index is 337. The van der Waals surface area contributed by atoms with E-state index in [9.17, 15) is 9.59 Å². The fourth-order valence-electron chi connectivity index (χ4n) is 0.835. The van der Waals surface area contributed by atoms with Gasteiger partial charge in [0.2, 0.25) is 0 Å². The Morgan fingerprint density at radius 1 is 1.67 bits per heavy atom. The molecule has 0 radical (unpaired) electrons. The van der Waals surface area contributed by atoms with Gasteiger partial charge in [-0.15, -0.1) is 0 Å². The van der Waals surface area contributed by atoms with Crippen molar-refractivity contribution in [3.8, 4) is 0 Å². The minimum atomic E-state index is -0.253. The normalized spacial score (nSPS) is 10.2. The Labute approximate surface area is 69.6 Å². The maximum atomic E-state index is 11.1. The zero-order chi connectivity index (χ0) is 9.14. The Morgan fingerprint density at radius 2 is 2.33 bits per heavy atom. The molecule has 0 aliphatic carbocycles. The number of ketones is 1. The van der Waals surface area contributed by atoms with Crippen molar-refractivity contribution in [3.63, 3.8) is 0 Å². The van der Waals surface area contributed by atoms with E-state index in [2.05, 4.69) is 5.10 Å². The number of nitrogens with zero attached hydrogens (tertiary/aromatic N) is 3. The van der Waals surface area contributed by atoms with Gasteiger partial charge in [-0.2, -0.15) is 5.10 Å².